The predicted molar refractivity (Wildman–Crippen MR) is 79.8 cm³/mol. The number of fused-ring (bicyclic) bond motifs is 1. The summed E-state index contributed by atoms with van der Waals surface area (Å²) in [5.41, 5.74) is 0.728. The Labute approximate surface area is 118 Å². The van der Waals surface area contributed by atoms with Gasteiger partial charge in [-0.2, -0.15) is 0 Å². The summed E-state index contributed by atoms with van der Waals surface area (Å²) in [4.78, 5) is 0. The van der Waals surface area contributed by atoms with Crippen LogP contribution in [-0.2, 0) is 9.84 Å². The summed E-state index contributed by atoms with van der Waals surface area (Å²) in [5, 5.41) is 12.1. The van der Waals surface area contributed by atoms with Crippen molar-refractivity contribution in [2.45, 2.75) is 12.5 Å². The molecule has 2 aromatic rings. The Hall–Kier alpha value is -1.59. The molecule has 2 rings (SSSR count). The first-order chi connectivity index (χ1) is 9.39. The number of hydrogen-bond donors (Lipinski definition) is 1. The minimum atomic E-state index is -3.06. The van der Waals surface area contributed by atoms with Crippen LogP contribution in [0, 0.1) is 0 Å². The molecule has 2 aromatic carbocycles. The molecule has 0 radical (unpaired) electrons. The molecule has 1 unspecified atom stereocenters. The maximum absolute atomic E-state index is 11.1. The first kappa shape index (κ1) is 14.8. The molecule has 0 saturated carbocycles. The second-order valence-corrected chi connectivity index (χ2v) is 7.17. The second kappa shape index (κ2) is 5.81. The van der Waals surface area contributed by atoms with Crippen LogP contribution in [0.15, 0.2) is 36.4 Å². The fourth-order valence-corrected chi connectivity index (χ4v) is 2.72. The first-order valence-electron chi connectivity index (χ1n) is 6.32. The maximum atomic E-state index is 11.1. The Bertz CT molecular complexity index is 707. The second-order valence-electron chi connectivity index (χ2n) is 4.91. The normalized spacial score (nSPS) is 13.3. The Balaban J connectivity index is 2.23. The average Bonchev–Trinajstić information content (AvgIpc) is 2.42. The highest BCUT2D eigenvalue weighted by Gasteiger charge is 2.12. The molecule has 0 aromatic heterocycles. The van der Waals surface area contributed by atoms with Crippen molar-refractivity contribution in [1.82, 2.24) is 0 Å². The molecule has 5 heteroatoms. The fraction of sp³-hybridized carbons (Fsp3) is 0.333. The molecule has 0 bridgehead atoms. The molecular weight excluding hydrogens is 276 g/mol. The number of hydrogen-bond acceptors (Lipinski definition) is 4. The van der Waals surface area contributed by atoms with E-state index in [-0.39, 0.29) is 12.2 Å². The summed E-state index contributed by atoms with van der Waals surface area (Å²) >= 11 is 0. The molecule has 0 aliphatic rings. The summed E-state index contributed by atoms with van der Waals surface area (Å²) in [5.74, 6) is 0.761. The van der Waals surface area contributed by atoms with Gasteiger partial charge in [0, 0.05) is 6.26 Å². The van der Waals surface area contributed by atoms with Crippen LogP contribution in [0.2, 0.25) is 0 Å². The van der Waals surface area contributed by atoms with Gasteiger partial charge in [0.1, 0.15) is 15.6 Å². The minimum absolute atomic E-state index is 0.0190. The zero-order valence-corrected chi connectivity index (χ0v) is 12.4. The fourth-order valence-electron chi connectivity index (χ4n) is 2.07. The van der Waals surface area contributed by atoms with Crippen LogP contribution in [0.5, 0.6) is 5.75 Å². The molecule has 0 saturated heterocycles. The van der Waals surface area contributed by atoms with Crippen molar-refractivity contribution in [3.63, 3.8) is 0 Å². The standard InChI is InChI=1S/C15H18O4S/c1-19-14-6-5-11-9-13(4-3-12(11)10-14)15(16)7-8-20(2,17)18/h3-6,9-10,15-16H,7-8H2,1-2H3. The van der Waals surface area contributed by atoms with Gasteiger partial charge in [-0.3, -0.25) is 0 Å². The molecule has 108 valence electrons. The third-order valence-electron chi connectivity index (χ3n) is 3.22. The number of ether oxygens (including phenoxy) is 1. The van der Waals surface area contributed by atoms with Crippen molar-refractivity contribution in [3.8, 4) is 5.75 Å². The minimum Gasteiger partial charge on any atom is -0.497 e. The molecule has 0 fully saturated rings. The van der Waals surface area contributed by atoms with Gasteiger partial charge < -0.3 is 9.84 Å². The lowest BCUT2D eigenvalue weighted by Crippen LogP contribution is -2.08. The van der Waals surface area contributed by atoms with Crippen molar-refractivity contribution in [1.29, 1.82) is 0 Å². The topological polar surface area (TPSA) is 63.6 Å². The summed E-state index contributed by atoms with van der Waals surface area (Å²) < 4.78 is 27.4. The molecule has 1 atom stereocenters. The number of benzene rings is 2. The SMILES string of the molecule is COc1ccc2cc(C(O)CCS(C)(=O)=O)ccc2c1. The molecule has 0 amide bonds. The van der Waals surface area contributed by atoms with Gasteiger partial charge in [0.15, 0.2) is 0 Å². The summed E-state index contributed by atoms with van der Waals surface area (Å²) in [6.07, 6.45) is 0.614. The van der Waals surface area contributed by atoms with E-state index in [9.17, 15) is 13.5 Å². The predicted octanol–water partition coefficient (Wildman–Crippen LogP) is 2.32. The Morgan fingerprint density at radius 2 is 1.80 bits per heavy atom. The molecule has 0 heterocycles. The lowest BCUT2D eigenvalue weighted by Gasteiger charge is -2.11. The van der Waals surface area contributed by atoms with E-state index in [0.29, 0.717) is 0 Å². The van der Waals surface area contributed by atoms with Gasteiger partial charge >= 0.3 is 0 Å². The quantitative estimate of drug-likeness (QED) is 0.919. The van der Waals surface area contributed by atoms with Gasteiger partial charge in [0.05, 0.1) is 19.0 Å². The van der Waals surface area contributed by atoms with Crippen LogP contribution in [0.25, 0.3) is 10.8 Å². The molecule has 0 aliphatic carbocycles. The lowest BCUT2D eigenvalue weighted by molar-refractivity contribution is 0.174. The van der Waals surface area contributed by atoms with E-state index < -0.39 is 15.9 Å². The van der Waals surface area contributed by atoms with E-state index in [4.69, 9.17) is 4.74 Å². The van der Waals surface area contributed by atoms with Crippen LogP contribution in [0.3, 0.4) is 0 Å². The molecule has 20 heavy (non-hydrogen) atoms. The molecular formula is C15H18O4S. The number of aliphatic hydroxyl groups excluding tert-OH is 1. The van der Waals surface area contributed by atoms with Crippen molar-refractivity contribution in [2.24, 2.45) is 0 Å². The van der Waals surface area contributed by atoms with E-state index >= 15 is 0 Å². The smallest absolute Gasteiger partial charge is 0.147 e. The summed E-state index contributed by atoms with van der Waals surface area (Å²) in [6.45, 7) is 0. The Morgan fingerprint density at radius 1 is 1.15 bits per heavy atom. The third-order valence-corrected chi connectivity index (χ3v) is 4.20. The first-order valence-corrected chi connectivity index (χ1v) is 8.38. The van der Waals surface area contributed by atoms with E-state index in [2.05, 4.69) is 0 Å². The van der Waals surface area contributed by atoms with Crippen LogP contribution >= 0.6 is 0 Å². The number of aliphatic hydroxyl groups is 1. The molecule has 0 spiro atoms. The summed E-state index contributed by atoms with van der Waals surface area (Å²) in [6, 6.07) is 11.3. The van der Waals surface area contributed by atoms with Gasteiger partial charge in [-0.15, -0.1) is 0 Å². The number of sulfone groups is 1. The Morgan fingerprint density at radius 3 is 2.45 bits per heavy atom. The van der Waals surface area contributed by atoms with Crippen LogP contribution in [0.1, 0.15) is 18.1 Å². The van der Waals surface area contributed by atoms with E-state index in [1.54, 1.807) is 7.11 Å². The highest BCUT2D eigenvalue weighted by molar-refractivity contribution is 7.90. The zero-order chi connectivity index (χ0) is 14.8. The van der Waals surface area contributed by atoms with Crippen LogP contribution < -0.4 is 4.74 Å². The van der Waals surface area contributed by atoms with E-state index in [1.165, 1.54) is 6.26 Å². The monoisotopic (exact) mass is 294 g/mol. The number of methoxy groups -OCH3 is 1. The van der Waals surface area contributed by atoms with Crippen molar-refractivity contribution in [3.05, 3.63) is 42.0 Å². The molecule has 1 N–H and O–H groups in total. The van der Waals surface area contributed by atoms with E-state index in [1.807, 2.05) is 36.4 Å². The highest BCUT2D eigenvalue weighted by Crippen LogP contribution is 2.25. The van der Waals surface area contributed by atoms with Gasteiger partial charge in [0.2, 0.25) is 0 Å². The van der Waals surface area contributed by atoms with Crippen molar-refractivity contribution < 1.29 is 18.3 Å². The van der Waals surface area contributed by atoms with Crippen LogP contribution in [-0.4, -0.2) is 32.6 Å². The van der Waals surface area contributed by atoms with Gasteiger partial charge in [0.25, 0.3) is 0 Å². The largest absolute Gasteiger partial charge is 0.497 e. The molecule has 4 nitrogen and oxygen atoms in total. The van der Waals surface area contributed by atoms with Crippen molar-refractivity contribution >= 4 is 20.6 Å². The average molecular weight is 294 g/mol. The lowest BCUT2D eigenvalue weighted by atomic mass is 10.0. The third kappa shape index (κ3) is 3.71. The van der Waals surface area contributed by atoms with Crippen molar-refractivity contribution in [2.75, 3.05) is 19.1 Å². The van der Waals surface area contributed by atoms with Gasteiger partial charge in [-0.25, -0.2) is 8.42 Å². The Kier molecular flexibility index (Phi) is 4.30. The highest BCUT2D eigenvalue weighted by atomic mass is 32.2. The van der Waals surface area contributed by atoms with Gasteiger partial charge in [-0.1, -0.05) is 18.2 Å². The maximum Gasteiger partial charge on any atom is 0.147 e. The molecule has 0 aliphatic heterocycles. The van der Waals surface area contributed by atoms with Crippen LogP contribution in [0.4, 0.5) is 0 Å². The van der Waals surface area contributed by atoms with Gasteiger partial charge in [-0.05, 0) is 41.0 Å². The number of rotatable bonds is 5. The summed E-state index contributed by atoms with van der Waals surface area (Å²) in [7, 11) is -1.44. The van der Waals surface area contributed by atoms with E-state index in [0.717, 1.165) is 22.1 Å². The zero-order valence-electron chi connectivity index (χ0n) is 11.5.